The van der Waals surface area contributed by atoms with Crippen LogP contribution in [0.2, 0.25) is 0 Å². The Bertz CT molecular complexity index is 693. The Morgan fingerprint density at radius 1 is 1.33 bits per heavy atom. The monoisotopic (exact) mass is 285 g/mol. The van der Waals surface area contributed by atoms with Crippen LogP contribution in [0.25, 0.3) is 10.9 Å². The summed E-state index contributed by atoms with van der Waals surface area (Å²) in [6.07, 6.45) is 2.55. The van der Waals surface area contributed by atoms with E-state index in [2.05, 4.69) is 24.1 Å². The van der Waals surface area contributed by atoms with Gasteiger partial charge in [-0.15, -0.1) is 0 Å². The van der Waals surface area contributed by atoms with Gasteiger partial charge in [-0.2, -0.15) is 0 Å². The van der Waals surface area contributed by atoms with Crippen LogP contribution in [0.3, 0.4) is 0 Å². The third-order valence-electron chi connectivity index (χ3n) is 4.62. The van der Waals surface area contributed by atoms with Crippen molar-refractivity contribution in [1.29, 1.82) is 0 Å². The van der Waals surface area contributed by atoms with Crippen LogP contribution in [0.15, 0.2) is 30.3 Å². The lowest BCUT2D eigenvalue weighted by molar-refractivity contribution is -0.384. The maximum Gasteiger partial charge on any atom is 0.270 e. The van der Waals surface area contributed by atoms with Gasteiger partial charge in [0.2, 0.25) is 0 Å². The van der Waals surface area contributed by atoms with Crippen LogP contribution in [0.5, 0.6) is 0 Å². The zero-order valence-electron chi connectivity index (χ0n) is 12.3. The van der Waals surface area contributed by atoms with Gasteiger partial charge < -0.3 is 5.32 Å². The third-order valence-corrected chi connectivity index (χ3v) is 4.62. The highest BCUT2D eigenvalue weighted by Gasteiger charge is 2.44. The Hall–Kier alpha value is -2.17. The fourth-order valence-corrected chi connectivity index (χ4v) is 2.71. The van der Waals surface area contributed by atoms with E-state index in [1.807, 2.05) is 12.1 Å². The van der Waals surface area contributed by atoms with Crippen molar-refractivity contribution in [3.05, 3.63) is 40.4 Å². The molecule has 5 nitrogen and oxygen atoms in total. The van der Waals surface area contributed by atoms with Crippen LogP contribution in [0.1, 0.15) is 26.7 Å². The summed E-state index contributed by atoms with van der Waals surface area (Å²) >= 11 is 0. The van der Waals surface area contributed by atoms with Crippen molar-refractivity contribution >= 4 is 22.4 Å². The van der Waals surface area contributed by atoms with Crippen molar-refractivity contribution in [2.45, 2.75) is 26.7 Å². The topological polar surface area (TPSA) is 68.1 Å². The molecule has 0 amide bonds. The summed E-state index contributed by atoms with van der Waals surface area (Å²) in [4.78, 5) is 14.9. The predicted octanol–water partition coefficient (Wildman–Crippen LogP) is 3.99. The van der Waals surface area contributed by atoms with Crippen LogP contribution < -0.4 is 5.32 Å². The molecule has 0 radical (unpaired) electrons. The van der Waals surface area contributed by atoms with E-state index in [1.165, 1.54) is 18.9 Å². The first-order valence-corrected chi connectivity index (χ1v) is 7.29. The predicted molar refractivity (Wildman–Crippen MR) is 83.4 cm³/mol. The van der Waals surface area contributed by atoms with E-state index in [0.717, 1.165) is 23.3 Å². The standard InChI is InChI=1S/C16H19N3O2/c1-11(2)16(7-8-16)10-17-15-6-3-12-9-13(19(20)21)4-5-14(12)18-15/h3-6,9,11H,7-8,10H2,1-2H3,(H,17,18). The van der Waals surface area contributed by atoms with Crippen molar-refractivity contribution in [2.75, 3.05) is 11.9 Å². The van der Waals surface area contributed by atoms with E-state index >= 15 is 0 Å². The molecule has 21 heavy (non-hydrogen) atoms. The smallest absolute Gasteiger partial charge is 0.270 e. The first-order valence-electron chi connectivity index (χ1n) is 7.29. The van der Waals surface area contributed by atoms with E-state index in [0.29, 0.717) is 11.3 Å². The van der Waals surface area contributed by atoms with Crippen LogP contribution >= 0.6 is 0 Å². The number of nitrogens with one attached hydrogen (secondary N) is 1. The first-order chi connectivity index (χ1) is 10.00. The summed E-state index contributed by atoms with van der Waals surface area (Å²) in [5.41, 5.74) is 1.30. The number of nitro groups is 1. The van der Waals surface area contributed by atoms with Crippen molar-refractivity contribution in [2.24, 2.45) is 11.3 Å². The number of hydrogen-bond acceptors (Lipinski definition) is 4. The van der Waals surface area contributed by atoms with E-state index in [1.54, 1.807) is 12.1 Å². The second-order valence-corrected chi connectivity index (χ2v) is 6.20. The Kier molecular flexibility index (Phi) is 3.27. The lowest BCUT2D eigenvalue weighted by atomic mass is 9.92. The number of benzene rings is 1. The normalized spacial score (nSPS) is 16.1. The molecule has 3 rings (SSSR count). The van der Waals surface area contributed by atoms with E-state index in [9.17, 15) is 10.1 Å². The molecule has 110 valence electrons. The van der Waals surface area contributed by atoms with Crippen LogP contribution in [0, 0.1) is 21.4 Å². The number of nitrogens with zero attached hydrogens (tertiary/aromatic N) is 2. The lowest BCUT2D eigenvalue weighted by Crippen LogP contribution is -2.21. The second kappa shape index (κ2) is 4.98. The fourth-order valence-electron chi connectivity index (χ4n) is 2.71. The molecule has 1 aromatic carbocycles. The summed E-state index contributed by atoms with van der Waals surface area (Å²) in [6.45, 7) is 5.47. The van der Waals surface area contributed by atoms with E-state index in [4.69, 9.17) is 0 Å². The minimum absolute atomic E-state index is 0.0988. The molecule has 0 atom stereocenters. The minimum atomic E-state index is -0.384. The second-order valence-electron chi connectivity index (χ2n) is 6.20. The molecule has 0 aliphatic heterocycles. The molecule has 0 spiro atoms. The zero-order chi connectivity index (χ0) is 15.0. The van der Waals surface area contributed by atoms with Gasteiger partial charge in [0.1, 0.15) is 5.82 Å². The Balaban J connectivity index is 1.78. The number of rotatable bonds is 5. The fraction of sp³-hybridized carbons (Fsp3) is 0.438. The van der Waals surface area contributed by atoms with Gasteiger partial charge >= 0.3 is 0 Å². The number of fused-ring (bicyclic) bond motifs is 1. The average Bonchev–Trinajstić information content (AvgIpc) is 3.25. The molecule has 1 aliphatic rings. The highest BCUT2D eigenvalue weighted by atomic mass is 16.6. The van der Waals surface area contributed by atoms with Crippen LogP contribution in [-0.4, -0.2) is 16.5 Å². The molecule has 1 aliphatic carbocycles. The number of nitro benzene ring substituents is 1. The molecular weight excluding hydrogens is 266 g/mol. The SMILES string of the molecule is CC(C)C1(CNc2ccc3cc([N+](=O)[O-])ccc3n2)CC1. The third kappa shape index (κ3) is 2.68. The lowest BCUT2D eigenvalue weighted by Gasteiger charge is -2.20. The first kappa shape index (κ1) is 13.8. The highest BCUT2D eigenvalue weighted by molar-refractivity contribution is 5.82. The van der Waals surface area contributed by atoms with Crippen LogP contribution in [-0.2, 0) is 0 Å². The molecule has 1 saturated carbocycles. The molecule has 5 heteroatoms. The van der Waals surface area contributed by atoms with Crippen molar-refractivity contribution in [3.63, 3.8) is 0 Å². The molecule has 1 aromatic heterocycles. The van der Waals surface area contributed by atoms with Crippen molar-refractivity contribution in [1.82, 2.24) is 4.98 Å². The molecule has 0 bridgehead atoms. The highest BCUT2D eigenvalue weighted by Crippen LogP contribution is 2.51. The molecule has 0 saturated heterocycles. The van der Waals surface area contributed by atoms with Gasteiger partial charge in [-0.25, -0.2) is 4.98 Å². The largest absolute Gasteiger partial charge is 0.369 e. The van der Waals surface area contributed by atoms with Gasteiger partial charge in [-0.1, -0.05) is 13.8 Å². The number of non-ortho nitro benzene ring substituents is 1. The van der Waals surface area contributed by atoms with Gasteiger partial charge in [-0.05, 0) is 42.4 Å². The van der Waals surface area contributed by atoms with Gasteiger partial charge in [-0.3, -0.25) is 10.1 Å². The molecule has 1 fully saturated rings. The van der Waals surface area contributed by atoms with Crippen LogP contribution in [0.4, 0.5) is 11.5 Å². The number of pyridine rings is 1. The molecule has 1 heterocycles. The maximum atomic E-state index is 10.8. The Labute approximate surface area is 123 Å². The molecule has 0 unspecified atom stereocenters. The van der Waals surface area contributed by atoms with Gasteiger partial charge in [0, 0.05) is 24.1 Å². The van der Waals surface area contributed by atoms with E-state index < -0.39 is 0 Å². The average molecular weight is 285 g/mol. The minimum Gasteiger partial charge on any atom is -0.369 e. The quantitative estimate of drug-likeness (QED) is 0.666. The molecular formula is C16H19N3O2. The molecule has 2 aromatic rings. The maximum absolute atomic E-state index is 10.8. The van der Waals surface area contributed by atoms with Gasteiger partial charge in [0.15, 0.2) is 0 Å². The number of anilines is 1. The summed E-state index contributed by atoms with van der Waals surface area (Å²) in [7, 11) is 0. The Morgan fingerprint density at radius 3 is 2.71 bits per heavy atom. The summed E-state index contributed by atoms with van der Waals surface area (Å²) in [6, 6.07) is 8.53. The van der Waals surface area contributed by atoms with Crippen molar-refractivity contribution < 1.29 is 4.92 Å². The molecule has 1 N–H and O–H groups in total. The van der Waals surface area contributed by atoms with Gasteiger partial charge in [0.05, 0.1) is 10.4 Å². The number of aromatic nitrogens is 1. The van der Waals surface area contributed by atoms with Gasteiger partial charge in [0.25, 0.3) is 5.69 Å². The van der Waals surface area contributed by atoms with Crippen molar-refractivity contribution in [3.8, 4) is 0 Å². The summed E-state index contributed by atoms with van der Waals surface area (Å²) in [5.74, 6) is 1.51. The Morgan fingerprint density at radius 2 is 2.10 bits per heavy atom. The summed E-state index contributed by atoms with van der Waals surface area (Å²) in [5, 5.41) is 15.0. The zero-order valence-corrected chi connectivity index (χ0v) is 12.3. The van der Waals surface area contributed by atoms with E-state index in [-0.39, 0.29) is 10.6 Å². The summed E-state index contributed by atoms with van der Waals surface area (Å²) < 4.78 is 0. The number of hydrogen-bond donors (Lipinski definition) is 1.